The van der Waals surface area contributed by atoms with E-state index in [9.17, 15) is 28.8 Å². The minimum atomic E-state index is -0.638. The summed E-state index contributed by atoms with van der Waals surface area (Å²) >= 11 is 0. The van der Waals surface area contributed by atoms with Gasteiger partial charge in [0.2, 0.25) is 0 Å². The Morgan fingerprint density at radius 3 is 1.06 bits per heavy atom. The van der Waals surface area contributed by atoms with Crippen molar-refractivity contribution in [1.82, 2.24) is 0 Å². The van der Waals surface area contributed by atoms with Crippen LogP contribution < -0.4 is 28.4 Å². The normalized spacial score (nSPS) is 11.9. The fraction of sp³-hybridized carbons (Fsp3) is 0.424. The van der Waals surface area contributed by atoms with Crippen LogP contribution in [-0.4, -0.2) is 48.7 Å². The Hall–Kier alpha value is -6.82. The highest BCUT2D eigenvalue weighted by molar-refractivity contribution is 6.07. The Kier molecular flexibility index (Phi) is 20.9. The highest BCUT2D eigenvalue weighted by Crippen LogP contribution is 2.35. The van der Waals surface area contributed by atoms with Crippen molar-refractivity contribution in [3.8, 4) is 34.5 Å². The number of ether oxygens (including phenoxy) is 6. The number of ketones is 2. The molecule has 0 radical (unpaired) electrons. The summed E-state index contributed by atoms with van der Waals surface area (Å²) in [5.41, 5.74) is 1.55. The molecule has 0 aliphatic heterocycles. The predicted molar refractivity (Wildman–Crippen MR) is 279 cm³/mol. The Bertz CT molecular complexity index is 2570. The van der Waals surface area contributed by atoms with Crippen molar-refractivity contribution in [2.24, 2.45) is 21.7 Å². The van der Waals surface area contributed by atoms with Crippen molar-refractivity contribution in [3.63, 3.8) is 0 Å². The van der Waals surface area contributed by atoms with Gasteiger partial charge >= 0.3 is 23.9 Å². The highest BCUT2D eigenvalue weighted by atomic mass is 16.6. The first-order valence-electron chi connectivity index (χ1n) is 24.2. The summed E-state index contributed by atoms with van der Waals surface area (Å²) in [5, 5.41) is 0. The topological polar surface area (TPSA) is 158 Å². The van der Waals surface area contributed by atoms with E-state index in [4.69, 9.17) is 28.4 Å². The lowest BCUT2D eigenvalue weighted by Gasteiger charge is -2.19. The van der Waals surface area contributed by atoms with E-state index in [-0.39, 0.29) is 35.4 Å². The maximum atomic E-state index is 12.8. The van der Waals surface area contributed by atoms with Crippen molar-refractivity contribution < 1.29 is 57.2 Å². The van der Waals surface area contributed by atoms with E-state index in [0.717, 1.165) is 23.1 Å². The standard InChI is InChI=1S/C30H38O6.C29H36O6/c1-9-11-21-18-22(25(34-10-2)19-26(21)36-28(33)30(6,7)8)14-17-24(31)20-12-15-23(16-13-20)35-27(32)29(3,4)5;1-9-19-17-21(24(33-10-2)18-25(19)35-27(32)29(6,7)8)13-16-23(30)20-11-14-22(15-12-20)34-26(31)28(3,4)5/h12-19H,9-11H2,1-8H3;11-18H,9-10H2,1-8H3/b17-14+;16-13+. The lowest BCUT2D eigenvalue weighted by Crippen LogP contribution is -2.26. The van der Waals surface area contributed by atoms with Gasteiger partial charge in [0.1, 0.15) is 34.5 Å². The zero-order valence-corrected chi connectivity index (χ0v) is 44.7. The van der Waals surface area contributed by atoms with Crippen molar-refractivity contribution in [2.45, 2.75) is 130 Å². The van der Waals surface area contributed by atoms with Crippen LogP contribution in [0, 0.1) is 21.7 Å². The summed E-state index contributed by atoms with van der Waals surface area (Å²) in [6, 6.07) is 20.1. The van der Waals surface area contributed by atoms with E-state index in [1.54, 1.807) is 135 Å². The van der Waals surface area contributed by atoms with Gasteiger partial charge in [0.25, 0.3) is 0 Å². The molecule has 0 aliphatic carbocycles. The maximum Gasteiger partial charge on any atom is 0.316 e. The molecule has 4 rings (SSSR count). The number of allylic oxidation sites excluding steroid dienone is 2. The molecule has 71 heavy (non-hydrogen) atoms. The van der Waals surface area contributed by atoms with Crippen LogP contribution >= 0.6 is 0 Å². The lowest BCUT2D eigenvalue weighted by molar-refractivity contribution is -0.143. The maximum absolute atomic E-state index is 12.8. The monoisotopic (exact) mass is 975 g/mol. The SMILES string of the molecule is CCCc1cc(/C=C/C(=O)c2ccc(OC(=O)C(C)(C)C)cc2)c(OCC)cc1OC(=O)C(C)(C)C.CCOc1cc(OC(=O)C(C)(C)C)c(CC)cc1/C=C/C(=O)c1ccc(OC(=O)C(C)(C)C)cc1. The van der Waals surface area contributed by atoms with Gasteiger partial charge in [0, 0.05) is 34.4 Å². The first kappa shape index (κ1) is 58.5. The van der Waals surface area contributed by atoms with Crippen molar-refractivity contribution in [3.05, 3.63) is 118 Å². The molecule has 12 heteroatoms. The van der Waals surface area contributed by atoms with Crippen LogP contribution in [0.1, 0.15) is 160 Å². The average Bonchev–Trinajstić information content (AvgIpc) is 3.28. The van der Waals surface area contributed by atoms with Crippen molar-refractivity contribution in [2.75, 3.05) is 13.2 Å². The Balaban J connectivity index is 0.000000375. The zero-order valence-electron chi connectivity index (χ0n) is 44.7. The molecule has 0 aromatic heterocycles. The number of esters is 4. The second-order valence-electron chi connectivity index (χ2n) is 21.0. The molecule has 0 amide bonds. The number of hydrogen-bond donors (Lipinski definition) is 0. The summed E-state index contributed by atoms with van der Waals surface area (Å²) in [5.74, 6) is 1.01. The van der Waals surface area contributed by atoms with E-state index < -0.39 is 21.7 Å². The van der Waals surface area contributed by atoms with Crippen LogP contribution in [0.25, 0.3) is 12.2 Å². The van der Waals surface area contributed by atoms with Gasteiger partial charge in [-0.1, -0.05) is 20.3 Å². The van der Waals surface area contributed by atoms with Crippen LogP contribution in [0.2, 0.25) is 0 Å². The number of carbonyl (C=O) groups is 6. The second kappa shape index (κ2) is 25.3. The Morgan fingerprint density at radius 1 is 0.423 bits per heavy atom. The van der Waals surface area contributed by atoms with Gasteiger partial charge in [-0.3, -0.25) is 28.8 Å². The van der Waals surface area contributed by atoms with E-state index in [1.807, 2.05) is 60.6 Å². The molecule has 4 aromatic carbocycles. The fourth-order valence-electron chi connectivity index (χ4n) is 5.93. The first-order chi connectivity index (χ1) is 33.0. The average molecular weight is 975 g/mol. The molecule has 0 fully saturated rings. The molecular formula is C59H74O12. The molecule has 0 saturated carbocycles. The molecule has 0 spiro atoms. The number of carbonyl (C=O) groups excluding carboxylic acids is 6. The van der Waals surface area contributed by atoms with Gasteiger partial charge in [0.15, 0.2) is 11.6 Å². The Morgan fingerprint density at radius 2 is 0.746 bits per heavy atom. The van der Waals surface area contributed by atoms with Gasteiger partial charge in [-0.2, -0.15) is 0 Å². The van der Waals surface area contributed by atoms with E-state index in [1.165, 1.54) is 12.2 Å². The van der Waals surface area contributed by atoms with Gasteiger partial charge in [0.05, 0.1) is 34.9 Å². The van der Waals surface area contributed by atoms with E-state index in [0.29, 0.717) is 77.2 Å². The van der Waals surface area contributed by atoms with Crippen molar-refractivity contribution in [1.29, 1.82) is 0 Å². The van der Waals surface area contributed by atoms with E-state index >= 15 is 0 Å². The van der Waals surface area contributed by atoms with Crippen LogP contribution in [0.5, 0.6) is 34.5 Å². The molecule has 0 N–H and O–H groups in total. The Labute approximate surface area is 421 Å². The van der Waals surface area contributed by atoms with Gasteiger partial charge < -0.3 is 28.4 Å². The molecule has 382 valence electrons. The molecule has 0 bridgehead atoms. The molecule has 12 nitrogen and oxygen atoms in total. The quantitative estimate of drug-likeness (QED) is 0.0427. The highest BCUT2D eigenvalue weighted by Gasteiger charge is 2.28. The van der Waals surface area contributed by atoms with Crippen LogP contribution in [0.4, 0.5) is 0 Å². The predicted octanol–water partition coefficient (Wildman–Crippen LogP) is 13.3. The third-order valence-corrected chi connectivity index (χ3v) is 10.3. The minimum Gasteiger partial charge on any atom is -0.493 e. The van der Waals surface area contributed by atoms with Crippen LogP contribution in [0.15, 0.2) is 84.9 Å². The number of aryl methyl sites for hydroxylation is 2. The smallest absolute Gasteiger partial charge is 0.316 e. The third kappa shape index (κ3) is 18.1. The lowest BCUT2D eigenvalue weighted by atomic mass is 9.97. The molecule has 0 saturated heterocycles. The zero-order chi connectivity index (χ0) is 53.5. The summed E-state index contributed by atoms with van der Waals surface area (Å²) in [6.07, 6.45) is 8.55. The molecule has 0 unspecified atom stereocenters. The van der Waals surface area contributed by atoms with Crippen LogP contribution in [0.3, 0.4) is 0 Å². The largest absolute Gasteiger partial charge is 0.493 e. The number of hydrogen-bond acceptors (Lipinski definition) is 12. The van der Waals surface area contributed by atoms with Gasteiger partial charge in [-0.05, 0) is 206 Å². The van der Waals surface area contributed by atoms with Gasteiger partial charge in [-0.15, -0.1) is 0 Å². The number of benzene rings is 4. The summed E-state index contributed by atoms with van der Waals surface area (Å²) in [4.78, 5) is 74.6. The molecule has 4 aromatic rings. The molecular weight excluding hydrogens is 901 g/mol. The summed E-state index contributed by atoms with van der Waals surface area (Å²) < 4.78 is 33.6. The van der Waals surface area contributed by atoms with Crippen LogP contribution in [-0.2, 0) is 32.0 Å². The third-order valence-electron chi connectivity index (χ3n) is 10.3. The molecule has 0 aliphatic rings. The summed E-state index contributed by atoms with van der Waals surface area (Å²) in [6.45, 7) is 30.1. The summed E-state index contributed by atoms with van der Waals surface area (Å²) in [7, 11) is 0. The number of rotatable bonds is 17. The first-order valence-corrected chi connectivity index (χ1v) is 24.2. The molecule has 0 heterocycles. The fourth-order valence-corrected chi connectivity index (χ4v) is 5.93. The van der Waals surface area contributed by atoms with Gasteiger partial charge in [-0.25, -0.2) is 0 Å². The molecule has 0 atom stereocenters. The van der Waals surface area contributed by atoms with E-state index in [2.05, 4.69) is 0 Å². The van der Waals surface area contributed by atoms with Crippen molar-refractivity contribution >= 4 is 47.6 Å². The minimum absolute atomic E-state index is 0.202. The second-order valence-corrected chi connectivity index (χ2v) is 21.0.